The van der Waals surface area contributed by atoms with Crippen LogP contribution in [0.4, 0.5) is 4.79 Å². The van der Waals surface area contributed by atoms with Crippen LogP contribution in [0, 0.1) is 0 Å². The summed E-state index contributed by atoms with van der Waals surface area (Å²) in [5, 5.41) is 2.81. The molecular weight excluding hydrogens is 484 g/mol. The van der Waals surface area contributed by atoms with Crippen molar-refractivity contribution in [3.8, 4) is 22.6 Å². The number of hydroxylamine groups is 1. The number of ether oxygens (including phenoxy) is 3. The number of alkyl carbamates (subject to hydrolysis) is 1. The highest BCUT2D eigenvalue weighted by Crippen LogP contribution is 2.44. The molecule has 38 heavy (non-hydrogen) atoms. The summed E-state index contributed by atoms with van der Waals surface area (Å²) in [6.07, 6.45) is 2.15. The van der Waals surface area contributed by atoms with E-state index < -0.39 is 6.09 Å². The lowest BCUT2D eigenvalue weighted by Gasteiger charge is -2.14. The van der Waals surface area contributed by atoms with Gasteiger partial charge in [-0.25, -0.2) is 10.3 Å². The van der Waals surface area contributed by atoms with Gasteiger partial charge in [-0.2, -0.15) is 0 Å². The molecule has 0 aromatic heterocycles. The molecule has 0 spiro atoms. The average Bonchev–Trinajstić information content (AvgIpc) is 3.27. The summed E-state index contributed by atoms with van der Waals surface area (Å²) in [5.41, 5.74) is 8.04. The van der Waals surface area contributed by atoms with Gasteiger partial charge in [-0.15, -0.1) is 0 Å². The zero-order valence-corrected chi connectivity index (χ0v) is 21.8. The number of unbranched alkanes of at least 4 members (excludes halogenated alkanes) is 2. The van der Waals surface area contributed by atoms with Gasteiger partial charge in [0.25, 0.3) is 0 Å². The normalized spacial score (nSPS) is 11.8. The topological polar surface area (TPSA) is 95.1 Å². The number of amides is 2. The molecule has 3 aromatic carbocycles. The molecule has 2 N–H and O–H groups in total. The van der Waals surface area contributed by atoms with E-state index in [0.717, 1.165) is 18.4 Å². The standard InChI is InChI=1S/C30H34N2O6/c1-35-22-16-15-21(28(18-22)36-2)19-38-32-29(33)14-4-3-9-17-31-30(34)37-20-27-25-12-7-5-10-23(25)24-11-6-8-13-26(24)27/h5-8,10-13,15-16,18,27H,3-4,9,14,17,19-20H2,1-2H3,(H,31,34)(H,32,33). The van der Waals surface area contributed by atoms with Crippen LogP contribution in [0.3, 0.4) is 0 Å². The highest BCUT2D eigenvalue weighted by Gasteiger charge is 2.28. The van der Waals surface area contributed by atoms with E-state index in [4.69, 9.17) is 19.0 Å². The average molecular weight is 519 g/mol. The van der Waals surface area contributed by atoms with Crippen LogP contribution >= 0.6 is 0 Å². The second-order valence-corrected chi connectivity index (χ2v) is 9.05. The number of methoxy groups -OCH3 is 2. The maximum atomic E-state index is 12.3. The zero-order valence-electron chi connectivity index (χ0n) is 21.8. The first kappa shape index (κ1) is 27.0. The largest absolute Gasteiger partial charge is 0.497 e. The Morgan fingerprint density at radius 1 is 0.842 bits per heavy atom. The number of carbonyl (C=O) groups excluding carboxylic acids is 2. The fourth-order valence-electron chi connectivity index (χ4n) is 4.64. The van der Waals surface area contributed by atoms with Gasteiger partial charge in [-0.1, -0.05) is 55.0 Å². The minimum absolute atomic E-state index is 0.0414. The number of carbonyl (C=O) groups is 2. The highest BCUT2D eigenvalue weighted by atomic mass is 16.7. The molecule has 8 nitrogen and oxygen atoms in total. The van der Waals surface area contributed by atoms with Gasteiger partial charge in [0.15, 0.2) is 0 Å². The van der Waals surface area contributed by atoms with E-state index in [2.05, 4.69) is 35.1 Å². The Morgan fingerprint density at radius 2 is 1.55 bits per heavy atom. The summed E-state index contributed by atoms with van der Waals surface area (Å²) in [6.45, 7) is 0.970. The van der Waals surface area contributed by atoms with Gasteiger partial charge in [0.2, 0.25) is 5.91 Å². The summed E-state index contributed by atoms with van der Waals surface area (Å²) in [6, 6.07) is 21.9. The van der Waals surface area contributed by atoms with Gasteiger partial charge in [-0.3, -0.25) is 9.63 Å². The molecule has 2 amide bonds. The van der Waals surface area contributed by atoms with Gasteiger partial charge in [0, 0.05) is 30.5 Å². The summed E-state index contributed by atoms with van der Waals surface area (Å²) in [4.78, 5) is 29.6. The van der Waals surface area contributed by atoms with Crippen LogP contribution in [-0.4, -0.2) is 39.4 Å². The van der Waals surface area contributed by atoms with Crippen LogP contribution in [0.2, 0.25) is 0 Å². The van der Waals surface area contributed by atoms with E-state index >= 15 is 0 Å². The molecule has 0 atom stereocenters. The van der Waals surface area contributed by atoms with E-state index in [1.165, 1.54) is 22.3 Å². The Hall–Kier alpha value is -4.04. The van der Waals surface area contributed by atoms with Gasteiger partial charge in [-0.05, 0) is 47.2 Å². The Kier molecular flexibility index (Phi) is 9.59. The predicted octanol–water partition coefficient (Wildman–Crippen LogP) is 5.35. The van der Waals surface area contributed by atoms with Crippen molar-refractivity contribution in [3.05, 3.63) is 83.4 Å². The number of benzene rings is 3. The molecule has 8 heteroatoms. The quantitative estimate of drug-likeness (QED) is 0.234. The third-order valence-corrected chi connectivity index (χ3v) is 6.60. The molecule has 0 radical (unpaired) electrons. The number of rotatable bonds is 13. The van der Waals surface area contributed by atoms with Gasteiger partial charge in [0.1, 0.15) is 24.7 Å². The first-order chi connectivity index (χ1) is 18.6. The first-order valence-electron chi connectivity index (χ1n) is 12.8. The Bertz CT molecular complexity index is 1200. The van der Waals surface area contributed by atoms with Crippen LogP contribution in [0.15, 0.2) is 66.7 Å². The van der Waals surface area contributed by atoms with Crippen molar-refractivity contribution in [1.29, 1.82) is 0 Å². The molecule has 1 aliphatic carbocycles. The van der Waals surface area contributed by atoms with Crippen LogP contribution in [0.25, 0.3) is 11.1 Å². The summed E-state index contributed by atoms with van der Waals surface area (Å²) < 4.78 is 16.0. The maximum Gasteiger partial charge on any atom is 0.407 e. The monoisotopic (exact) mass is 518 g/mol. The molecule has 0 unspecified atom stereocenters. The molecule has 1 aliphatic rings. The molecule has 3 aromatic rings. The Morgan fingerprint density at radius 3 is 2.24 bits per heavy atom. The predicted molar refractivity (Wildman–Crippen MR) is 144 cm³/mol. The fourth-order valence-corrected chi connectivity index (χ4v) is 4.64. The van der Waals surface area contributed by atoms with Crippen molar-refractivity contribution in [2.45, 2.75) is 38.2 Å². The smallest absolute Gasteiger partial charge is 0.407 e. The molecule has 4 rings (SSSR count). The van der Waals surface area contributed by atoms with Crippen molar-refractivity contribution in [1.82, 2.24) is 10.8 Å². The Labute approximate surface area is 223 Å². The lowest BCUT2D eigenvalue weighted by molar-refractivity contribution is -0.134. The molecular formula is C30H34N2O6. The summed E-state index contributed by atoms with van der Waals surface area (Å²) >= 11 is 0. The van der Waals surface area contributed by atoms with Crippen molar-refractivity contribution in [2.75, 3.05) is 27.4 Å². The highest BCUT2D eigenvalue weighted by molar-refractivity contribution is 5.79. The molecule has 0 saturated heterocycles. The lowest BCUT2D eigenvalue weighted by atomic mass is 9.98. The minimum Gasteiger partial charge on any atom is -0.497 e. The van der Waals surface area contributed by atoms with Crippen molar-refractivity contribution in [3.63, 3.8) is 0 Å². The van der Waals surface area contributed by atoms with E-state index in [-0.39, 0.29) is 18.4 Å². The number of nitrogens with one attached hydrogen (secondary N) is 2. The summed E-state index contributed by atoms with van der Waals surface area (Å²) in [7, 11) is 3.15. The van der Waals surface area contributed by atoms with E-state index in [0.29, 0.717) is 37.5 Å². The molecule has 0 bridgehead atoms. The van der Waals surface area contributed by atoms with Crippen LogP contribution in [-0.2, 0) is 21.0 Å². The first-order valence-corrected chi connectivity index (χ1v) is 12.8. The second kappa shape index (κ2) is 13.5. The van der Waals surface area contributed by atoms with Crippen molar-refractivity contribution in [2.24, 2.45) is 0 Å². The lowest BCUT2D eigenvalue weighted by Crippen LogP contribution is -2.27. The van der Waals surface area contributed by atoms with E-state index in [1.807, 2.05) is 30.3 Å². The number of hydrogen-bond acceptors (Lipinski definition) is 6. The molecule has 0 aliphatic heterocycles. The third kappa shape index (κ3) is 6.83. The number of fused-ring (bicyclic) bond motifs is 3. The Balaban J connectivity index is 1.08. The third-order valence-electron chi connectivity index (χ3n) is 6.60. The molecule has 200 valence electrons. The number of hydrogen-bond donors (Lipinski definition) is 2. The van der Waals surface area contributed by atoms with Crippen LogP contribution in [0.5, 0.6) is 11.5 Å². The van der Waals surface area contributed by atoms with Crippen LogP contribution < -0.4 is 20.3 Å². The van der Waals surface area contributed by atoms with Crippen LogP contribution in [0.1, 0.15) is 48.3 Å². The zero-order chi connectivity index (χ0) is 26.7. The van der Waals surface area contributed by atoms with Gasteiger partial charge >= 0.3 is 6.09 Å². The molecule has 0 heterocycles. The maximum absolute atomic E-state index is 12.3. The van der Waals surface area contributed by atoms with Crippen molar-refractivity contribution < 1.29 is 28.6 Å². The minimum atomic E-state index is -0.424. The second-order valence-electron chi connectivity index (χ2n) is 9.05. The molecule has 0 fully saturated rings. The van der Waals surface area contributed by atoms with Gasteiger partial charge < -0.3 is 19.5 Å². The van der Waals surface area contributed by atoms with Gasteiger partial charge in [0.05, 0.1) is 14.2 Å². The molecule has 0 saturated carbocycles. The van der Waals surface area contributed by atoms with E-state index in [1.54, 1.807) is 26.4 Å². The summed E-state index contributed by atoms with van der Waals surface area (Å²) in [5.74, 6) is 1.16. The van der Waals surface area contributed by atoms with E-state index in [9.17, 15) is 9.59 Å². The van der Waals surface area contributed by atoms with Crippen molar-refractivity contribution >= 4 is 12.0 Å². The fraction of sp³-hybridized carbons (Fsp3) is 0.333. The SMILES string of the molecule is COc1ccc(CONC(=O)CCCCCNC(=O)OCC2c3ccccc3-c3ccccc32)c(OC)c1.